The lowest BCUT2D eigenvalue weighted by Gasteiger charge is -2.41. The number of rotatable bonds is 3. The summed E-state index contributed by atoms with van der Waals surface area (Å²) < 4.78 is 11.1. The number of ether oxygens (including phenoxy) is 2. The van der Waals surface area contributed by atoms with E-state index in [1.165, 1.54) is 0 Å². The largest absolute Gasteiger partial charge is 0.379 e. The van der Waals surface area contributed by atoms with E-state index in [1.807, 2.05) is 7.11 Å². The quantitative estimate of drug-likeness (QED) is 0.722. The van der Waals surface area contributed by atoms with Gasteiger partial charge in [0.05, 0.1) is 18.8 Å². The van der Waals surface area contributed by atoms with Crippen LogP contribution in [0, 0.1) is 0 Å². The summed E-state index contributed by atoms with van der Waals surface area (Å²) in [5.74, 6) is 0. The Labute approximate surface area is 91.9 Å². The average molecular weight is 214 g/mol. The molecule has 15 heavy (non-hydrogen) atoms. The molecule has 0 saturated carbocycles. The highest BCUT2D eigenvalue weighted by Crippen LogP contribution is 2.23. The Morgan fingerprint density at radius 1 is 1.27 bits per heavy atom. The number of hydrogen-bond acceptors (Lipinski definition) is 4. The van der Waals surface area contributed by atoms with Gasteiger partial charge in [0.2, 0.25) is 0 Å². The number of piperidine rings is 1. The van der Waals surface area contributed by atoms with Crippen LogP contribution in [-0.4, -0.2) is 63.5 Å². The van der Waals surface area contributed by atoms with E-state index in [4.69, 9.17) is 9.47 Å². The molecule has 4 heteroatoms. The number of morpholine rings is 1. The van der Waals surface area contributed by atoms with Gasteiger partial charge in [-0.15, -0.1) is 0 Å². The summed E-state index contributed by atoms with van der Waals surface area (Å²) in [6, 6.07) is 0. The van der Waals surface area contributed by atoms with Crippen molar-refractivity contribution in [3.8, 4) is 0 Å². The van der Waals surface area contributed by atoms with E-state index in [0.29, 0.717) is 0 Å². The predicted octanol–water partition coefficient (Wildman–Crippen LogP) is 0.0872. The average Bonchev–Trinajstić information content (AvgIpc) is 2.32. The molecule has 2 saturated heterocycles. The van der Waals surface area contributed by atoms with Gasteiger partial charge in [-0.2, -0.15) is 0 Å². The van der Waals surface area contributed by atoms with Gasteiger partial charge in [0, 0.05) is 26.7 Å². The van der Waals surface area contributed by atoms with Gasteiger partial charge in [0.15, 0.2) is 0 Å². The first-order valence-corrected chi connectivity index (χ1v) is 5.91. The zero-order chi connectivity index (χ0) is 10.6. The standard InChI is InChI=1S/C11H22N2O2/c1-14-11(2-4-12-5-3-11)10-13-6-8-15-9-7-13/h12H,2-10H2,1H3. The predicted molar refractivity (Wildman–Crippen MR) is 59.1 cm³/mol. The highest BCUT2D eigenvalue weighted by Gasteiger charge is 2.34. The molecule has 0 aromatic carbocycles. The van der Waals surface area contributed by atoms with Gasteiger partial charge in [-0.05, 0) is 25.9 Å². The molecule has 88 valence electrons. The van der Waals surface area contributed by atoms with E-state index in [2.05, 4.69) is 10.2 Å². The molecule has 2 heterocycles. The van der Waals surface area contributed by atoms with Crippen molar-refractivity contribution in [2.45, 2.75) is 18.4 Å². The van der Waals surface area contributed by atoms with E-state index in [0.717, 1.165) is 58.8 Å². The van der Waals surface area contributed by atoms with Crippen LogP contribution in [0.25, 0.3) is 0 Å². The number of hydrogen-bond donors (Lipinski definition) is 1. The van der Waals surface area contributed by atoms with Crippen molar-refractivity contribution < 1.29 is 9.47 Å². The second kappa shape index (κ2) is 5.25. The fraction of sp³-hybridized carbons (Fsp3) is 1.00. The first kappa shape index (κ1) is 11.3. The molecule has 2 fully saturated rings. The number of nitrogens with zero attached hydrogens (tertiary/aromatic N) is 1. The summed E-state index contributed by atoms with van der Waals surface area (Å²) in [6.45, 7) is 7.08. The summed E-state index contributed by atoms with van der Waals surface area (Å²) in [4.78, 5) is 2.47. The molecule has 4 nitrogen and oxygen atoms in total. The Hall–Kier alpha value is -0.160. The molecule has 0 atom stereocenters. The molecule has 0 unspecified atom stereocenters. The maximum absolute atomic E-state index is 5.76. The molecule has 0 aliphatic carbocycles. The first-order valence-electron chi connectivity index (χ1n) is 5.91. The fourth-order valence-corrected chi connectivity index (χ4v) is 2.48. The van der Waals surface area contributed by atoms with E-state index < -0.39 is 0 Å². The summed E-state index contributed by atoms with van der Waals surface area (Å²) in [5, 5.41) is 3.39. The van der Waals surface area contributed by atoms with E-state index >= 15 is 0 Å². The van der Waals surface area contributed by atoms with Crippen LogP contribution < -0.4 is 5.32 Å². The van der Waals surface area contributed by atoms with Crippen LogP contribution in [0.1, 0.15) is 12.8 Å². The van der Waals surface area contributed by atoms with Gasteiger partial charge in [-0.3, -0.25) is 4.90 Å². The SMILES string of the molecule is COC1(CN2CCOCC2)CCNCC1. The molecule has 0 spiro atoms. The number of methoxy groups -OCH3 is 1. The lowest BCUT2D eigenvalue weighted by Crippen LogP contribution is -2.53. The lowest BCUT2D eigenvalue weighted by atomic mass is 9.91. The maximum atomic E-state index is 5.76. The van der Waals surface area contributed by atoms with E-state index in [-0.39, 0.29) is 5.60 Å². The molecule has 0 bridgehead atoms. The van der Waals surface area contributed by atoms with Gasteiger partial charge in [-0.25, -0.2) is 0 Å². The van der Waals surface area contributed by atoms with Crippen molar-refractivity contribution in [3.63, 3.8) is 0 Å². The minimum Gasteiger partial charge on any atom is -0.379 e. The minimum atomic E-state index is 0.0859. The topological polar surface area (TPSA) is 33.7 Å². The Kier molecular flexibility index (Phi) is 3.97. The van der Waals surface area contributed by atoms with Crippen LogP contribution in [0.2, 0.25) is 0 Å². The van der Waals surface area contributed by atoms with Crippen LogP contribution in [0.5, 0.6) is 0 Å². The molecule has 0 amide bonds. The second-order valence-corrected chi connectivity index (χ2v) is 4.53. The summed E-state index contributed by atoms with van der Waals surface area (Å²) >= 11 is 0. The molecule has 2 aliphatic heterocycles. The van der Waals surface area contributed by atoms with Crippen LogP contribution >= 0.6 is 0 Å². The molecule has 0 aromatic rings. The van der Waals surface area contributed by atoms with Gasteiger partial charge < -0.3 is 14.8 Å². The summed E-state index contributed by atoms with van der Waals surface area (Å²) in [6.07, 6.45) is 2.25. The summed E-state index contributed by atoms with van der Waals surface area (Å²) in [7, 11) is 1.85. The van der Waals surface area contributed by atoms with Gasteiger partial charge in [0.1, 0.15) is 0 Å². The summed E-state index contributed by atoms with van der Waals surface area (Å²) in [5.41, 5.74) is 0.0859. The highest BCUT2D eigenvalue weighted by molar-refractivity contribution is 4.89. The molecule has 0 radical (unpaired) electrons. The Bertz CT molecular complexity index is 187. The molecule has 0 aromatic heterocycles. The third kappa shape index (κ3) is 2.91. The van der Waals surface area contributed by atoms with E-state index in [9.17, 15) is 0 Å². The van der Waals surface area contributed by atoms with E-state index in [1.54, 1.807) is 0 Å². The zero-order valence-electron chi connectivity index (χ0n) is 9.63. The molecular weight excluding hydrogens is 192 g/mol. The van der Waals surface area contributed by atoms with Crippen molar-refractivity contribution in [2.75, 3.05) is 53.0 Å². The molecule has 2 rings (SSSR count). The molecule has 2 aliphatic rings. The van der Waals surface area contributed by atoms with Gasteiger partial charge in [0.25, 0.3) is 0 Å². The minimum absolute atomic E-state index is 0.0859. The van der Waals surface area contributed by atoms with Gasteiger partial charge >= 0.3 is 0 Å². The maximum Gasteiger partial charge on any atom is 0.0829 e. The third-order valence-corrected chi connectivity index (χ3v) is 3.56. The van der Waals surface area contributed by atoms with Crippen molar-refractivity contribution in [3.05, 3.63) is 0 Å². The van der Waals surface area contributed by atoms with Crippen LogP contribution in [-0.2, 0) is 9.47 Å². The highest BCUT2D eigenvalue weighted by atomic mass is 16.5. The Morgan fingerprint density at radius 2 is 1.93 bits per heavy atom. The zero-order valence-corrected chi connectivity index (χ0v) is 9.63. The second-order valence-electron chi connectivity index (χ2n) is 4.53. The Morgan fingerprint density at radius 3 is 2.53 bits per heavy atom. The smallest absolute Gasteiger partial charge is 0.0829 e. The number of nitrogens with one attached hydrogen (secondary N) is 1. The van der Waals surface area contributed by atoms with Crippen molar-refractivity contribution in [1.82, 2.24) is 10.2 Å². The van der Waals surface area contributed by atoms with Crippen LogP contribution in [0.3, 0.4) is 0 Å². The Balaban J connectivity index is 1.87. The third-order valence-electron chi connectivity index (χ3n) is 3.56. The first-order chi connectivity index (χ1) is 7.35. The molecular formula is C11H22N2O2. The van der Waals surface area contributed by atoms with Crippen molar-refractivity contribution >= 4 is 0 Å². The van der Waals surface area contributed by atoms with Crippen molar-refractivity contribution in [2.24, 2.45) is 0 Å². The normalized spacial score (nSPS) is 27.8. The fourth-order valence-electron chi connectivity index (χ4n) is 2.48. The monoisotopic (exact) mass is 214 g/mol. The van der Waals surface area contributed by atoms with Crippen molar-refractivity contribution in [1.29, 1.82) is 0 Å². The van der Waals surface area contributed by atoms with Crippen LogP contribution in [0.4, 0.5) is 0 Å². The van der Waals surface area contributed by atoms with Gasteiger partial charge in [-0.1, -0.05) is 0 Å². The molecule has 1 N–H and O–H groups in total. The van der Waals surface area contributed by atoms with Crippen LogP contribution in [0.15, 0.2) is 0 Å². The lowest BCUT2D eigenvalue weighted by molar-refractivity contribution is -0.0733.